The summed E-state index contributed by atoms with van der Waals surface area (Å²) < 4.78 is 5.46. The lowest BCUT2D eigenvalue weighted by atomic mass is 10.00. The van der Waals surface area contributed by atoms with E-state index in [0.717, 1.165) is 12.8 Å². The second-order valence-corrected chi connectivity index (χ2v) is 5.37. The number of amides is 1. The summed E-state index contributed by atoms with van der Waals surface area (Å²) in [6, 6.07) is 17.1. The van der Waals surface area contributed by atoms with Crippen LogP contribution in [0.15, 0.2) is 48.5 Å². The summed E-state index contributed by atoms with van der Waals surface area (Å²) in [5.74, 6) is 0. The van der Waals surface area contributed by atoms with E-state index in [1.54, 1.807) is 0 Å². The first-order valence-corrected chi connectivity index (χ1v) is 7.96. The van der Waals surface area contributed by atoms with Gasteiger partial charge in [0.25, 0.3) is 0 Å². The van der Waals surface area contributed by atoms with Gasteiger partial charge in [-0.05, 0) is 41.6 Å². The number of hydrogen-bond acceptors (Lipinski definition) is 3. The molecule has 2 rings (SSSR count). The van der Waals surface area contributed by atoms with Crippen LogP contribution in [0.4, 0.5) is 0 Å². The highest BCUT2D eigenvalue weighted by Crippen LogP contribution is 2.21. The predicted molar refractivity (Wildman–Crippen MR) is 93.2 cm³/mol. The van der Waals surface area contributed by atoms with Crippen LogP contribution in [0.5, 0.6) is 0 Å². The lowest BCUT2D eigenvalue weighted by molar-refractivity contribution is -0.109. The lowest BCUT2D eigenvalue weighted by Gasteiger charge is -2.07. The highest BCUT2D eigenvalue weighted by atomic mass is 16.5. The van der Waals surface area contributed by atoms with Gasteiger partial charge in [-0.15, -0.1) is 0 Å². The summed E-state index contributed by atoms with van der Waals surface area (Å²) in [5, 5.41) is 2.57. The van der Waals surface area contributed by atoms with Crippen LogP contribution in [0.2, 0.25) is 0 Å². The number of rotatable bonds is 10. The first-order valence-electron chi connectivity index (χ1n) is 7.96. The van der Waals surface area contributed by atoms with E-state index in [4.69, 9.17) is 10.5 Å². The molecule has 1 amide bonds. The Morgan fingerprint density at radius 1 is 0.957 bits per heavy atom. The van der Waals surface area contributed by atoms with Crippen LogP contribution < -0.4 is 11.1 Å². The molecule has 23 heavy (non-hydrogen) atoms. The number of benzene rings is 2. The molecule has 0 saturated heterocycles. The van der Waals surface area contributed by atoms with Gasteiger partial charge in [0, 0.05) is 6.54 Å². The molecule has 0 fully saturated rings. The smallest absolute Gasteiger partial charge is 0.207 e. The van der Waals surface area contributed by atoms with Gasteiger partial charge in [0.15, 0.2) is 0 Å². The lowest BCUT2D eigenvalue weighted by Crippen LogP contribution is -2.18. The van der Waals surface area contributed by atoms with E-state index in [9.17, 15) is 4.79 Å². The third-order valence-corrected chi connectivity index (χ3v) is 3.66. The molecule has 0 unspecified atom stereocenters. The Hall–Kier alpha value is -2.17. The van der Waals surface area contributed by atoms with Gasteiger partial charge in [0.2, 0.25) is 6.41 Å². The van der Waals surface area contributed by atoms with Gasteiger partial charge in [0.05, 0.1) is 13.2 Å². The van der Waals surface area contributed by atoms with Crippen molar-refractivity contribution >= 4 is 6.41 Å². The summed E-state index contributed by atoms with van der Waals surface area (Å²) in [5.41, 5.74) is 10.6. The van der Waals surface area contributed by atoms with Crippen molar-refractivity contribution < 1.29 is 9.53 Å². The molecular formula is C19H24N2O2. The van der Waals surface area contributed by atoms with Crippen molar-refractivity contribution in [2.75, 3.05) is 26.3 Å². The van der Waals surface area contributed by atoms with Gasteiger partial charge in [0.1, 0.15) is 0 Å². The Labute approximate surface area is 137 Å². The molecule has 0 spiro atoms. The molecule has 0 aliphatic heterocycles. The molecule has 0 atom stereocenters. The molecule has 4 nitrogen and oxygen atoms in total. The first kappa shape index (κ1) is 17.2. The largest absolute Gasteiger partial charge is 0.379 e. The van der Waals surface area contributed by atoms with E-state index < -0.39 is 0 Å². The fourth-order valence-corrected chi connectivity index (χ4v) is 2.42. The zero-order valence-electron chi connectivity index (χ0n) is 13.3. The van der Waals surface area contributed by atoms with Crippen LogP contribution in [0.25, 0.3) is 11.1 Å². The van der Waals surface area contributed by atoms with Crippen molar-refractivity contribution in [3.8, 4) is 11.1 Å². The van der Waals surface area contributed by atoms with E-state index in [0.29, 0.717) is 32.7 Å². The monoisotopic (exact) mass is 312 g/mol. The van der Waals surface area contributed by atoms with E-state index >= 15 is 0 Å². The number of hydrogen-bond donors (Lipinski definition) is 2. The molecule has 0 aliphatic rings. The molecule has 3 N–H and O–H groups in total. The summed E-state index contributed by atoms with van der Waals surface area (Å²) in [7, 11) is 0. The number of carbonyl (C=O) groups excluding carboxylic acids is 1. The maximum atomic E-state index is 10.1. The summed E-state index contributed by atoms with van der Waals surface area (Å²) in [6.45, 7) is 2.43. The molecule has 0 radical (unpaired) electrons. The Balaban J connectivity index is 1.86. The van der Waals surface area contributed by atoms with Crippen LogP contribution in [0, 0.1) is 0 Å². The SMILES string of the molecule is NCCc1cccc(-c2ccc(CCOCCNC=O)cc2)c1. The molecular weight excluding hydrogens is 288 g/mol. The maximum absolute atomic E-state index is 10.1. The third kappa shape index (κ3) is 5.85. The van der Waals surface area contributed by atoms with Crippen LogP contribution in [0.3, 0.4) is 0 Å². The Morgan fingerprint density at radius 3 is 2.52 bits per heavy atom. The van der Waals surface area contributed by atoms with Crippen molar-refractivity contribution in [2.45, 2.75) is 12.8 Å². The average Bonchev–Trinajstić information content (AvgIpc) is 2.59. The average molecular weight is 312 g/mol. The number of ether oxygens (including phenoxy) is 1. The number of carbonyl (C=O) groups is 1. The quantitative estimate of drug-likeness (QED) is 0.522. The second kappa shape index (κ2) is 9.77. The fourth-order valence-electron chi connectivity index (χ4n) is 2.42. The topological polar surface area (TPSA) is 64.3 Å². The molecule has 0 saturated carbocycles. The Morgan fingerprint density at radius 2 is 1.78 bits per heavy atom. The standard InChI is InChI=1S/C19H24N2O2/c20-10-8-17-2-1-3-19(14-17)18-6-4-16(5-7-18)9-12-23-13-11-21-15-22/h1-7,14-15H,8-13,20H2,(H,21,22). The van der Waals surface area contributed by atoms with Crippen molar-refractivity contribution in [1.29, 1.82) is 0 Å². The van der Waals surface area contributed by atoms with Gasteiger partial charge in [-0.2, -0.15) is 0 Å². The van der Waals surface area contributed by atoms with Crippen LogP contribution in [-0.2, 0) is 22.4 Å². The first-order chi connectivity index (χ1) is 11.3. The zero-order chi connectivity index (χ0) is 16.3. The highest BCUT2D eigenvalue weighted by molar-refractivity contribution is 5.64. The highest BCUT2D eigenvalue weighted by Gasteiger charge is 2.00. The van der Waals surface area contributed by atoms with Gasteiger partial charge in [-0.25, -0.2) is 0 Å². The fraction of sp³-hybridized carbons (Fsp3) is 0.316. The molecule has 0 aromatic heterocycles. The van der Waals surface area contributed by atoms with Crippen LogP contribution in [-0.4, -0.2) is 32.7 Å². The minimum atomic E-state index is 0.546. The van der Waals surface area contributed by atoms with Gasteiger partial charge < -0.3 is 15.8 Å². The minimum Gasteiger partial charge on any atom is -0.379 e. The normalized spacial score (nSPS) is 10.5. The third-order valence-electron chi connectivity index (χ3n) is 3.66. The Kier molecular flexibility index (Phi) is 7.30. The molecule has 0 bridgehead atoms. The molecule has 0 heterocycles. The van der Waals surface area contributed by atoms with E-state index in [-0.39, 0.29) is 0 Å². The summed E-state index contributed by atoms with van der Waals surface area (Å²) >= 11 is 0. The van der Waals surface area contributed by atoms with Gasteiger partial charge >= 0.3 is 0 Å². The van der Waals surface area contributed by atoms with Crippen molar-refractivity contribution in [3.05, 3.63) is 59.7 Å². The van der Waals surface area contributed by atoms with Gasteiger partial charge in [-0.1, -0.05) is 48.5 Å². The van der Waals surface area contributed by atoms with E-state index in [1.165, 1.54) is 22.3 Å². The minimum absolute atomic E-state index is 0.546. The van der Waals surface area contributed by atoms with E-state index in [2.05, 4.69) is 53.8 Å². The number of nitrogens with two attached hydrogens (primary N) is 1. The van der Waals surface area contributed by atoms with Gasteiger partial charge in [-0.3, -0.25) is 4.79 Å². The molecule has 4 heteroatoms. The van der Waals surface area contributed by atoms with Crippen molar-refractivity contribution in [3.63, 3.8) is 0 Å². The maximum Gasteiger partial charge on any atom is 0.207 e. The molecule has 2 aromatic carbocycles. The molecule has 122 valence electrons. The molecule has 2 aromatic rings. The summed E-state index contributed by atoms with van der Waals surface area (Å²) in [4.78, 5) is 10.1. The summed E-state index contributed by atoms with van der Waals surface area (Å²) in [6.07, 6.45) is 2.46. The second-order valence-electron chi connectivity index (χ2n) is 5.37. The number of nitrogens with one attached hydrogen (secondary N) is 1. The van der Waals surface area contributed by atoms with Crippen molar-refractivity contribution in [1.82, 2.24) is 5.32 Å². The predicted octanol–water partition coefficient (Wildman–Crippen LogP) is 2.16. The Bertz CT molecular complexity index is 597. The van der Waals surface area contributed by atoms with Crippen molar-refractivity contribution in [2.24, 2.45) is 5.73 Å². The van der Waals surface area contributed by atoms with Crippen LogP contribution >= 0.6 is 0 Å². The zero-order valence-corrected chi connectivity index (χ0v) is 13.3. The van der Waals surface area contributed by atoms with Crippen LogP contribution in [0.1, 0.15) is 11.1 Å². The molecule has 0 aliphatic carbocycles. The van der Waals surface area contributed by atoms with E-state index in [1.807, 2.05) is 0 Å².